The zero-order valence-electron chi connectivity index (χ0n) is 7.41. The average Bonchev–Trinajstić information content (AvgIpc) is 2.40. The summed E-state index contributed by atoms with van der Waals surface area (Å²) in [5.41, 5.74) is 0. The quantitative estimate of drug-likeness (QED) is 0.542. The first kappa shape index (κ1) is 10.8. The number of thioether (sulfide) groups is 2. The Morgan fingerprint density at radius 3 is 2.33 bits per heavy atom. The van der Waals surface area contributed by atoms with Crippen LogP contribution >= 0.6 is 23.5 Å². The third-order valence-electron chi connectivity index (χ3n) is 2.00. The van der Waals surface area contributed by atoms with E-state index in [9.17, 15) is 0 Å². The van der Waals surface area contributed by atoms with Gasteiger partial charge < -0.3 is 0 Å². The van der Waals surface area contributed by atoms with Gasteiger partial charge in [0.25, 0.3) is 0 Å². The van der Waals surface area contributed by atoms with Gasteiger partial charge in [-0.15, -0.1) is 0 Å². The van der Waals surface area contributed by atoms with Crippen LogP contribution in [0, 0.1) is 0 Å². The first-order valence-corrected chi connectivity index (χ1v) is 11.8. The van der Waals surface area contributed by atoms with Gasteiger partial charge in [-0.05, 0) is 0 Å². The van der Waals surface area contributed by atoms with Crippen molar-refractivity contribution >= 4 is 65.4 Å². The summed E-state index contributed by atoms with van der Waals surface area (Å²) in [4.78, 5) is 0. The van der Waals surface area contributed by atoms with Gasteiger partial charge in [0.2, 0.25) is 0 Å². The molecule has 2 saturated heterocycles. The molecule has 0 radical (unpaired) electrons. The Bertz CT molecular complexity index is 166. The molecule has 2 rings (SSSR count). The molecule has 0 amide bonds. The zero-order valence-corrected chi connectivity index (χ0v) is 13.7. The molecule has 0 N–H and O–H groups in total. The molecule has 0 aromatic rings. The van der Waals surface area contributed by atoms with Crippen molar-refractivity contribution in [1.82, 2.24) is 0 Å². The van der Waals surface area contributed by atoms with Crippen molar-refractivity contribution < 1.29 is 0 Å². The third-order valence-corrected chi connectivity index (χ3v) is 21.9. The van der Waals surface area contributed by atoms with Crippen molar-refractivity contribution in [2.45, 2.75) is 34.1 Å². The van der Waals surface area contributed by atoms with Crippen LogP contribution in [0.25, 0.3) is 0 Å². The maximum atomic E-state index is 2.44. The van der Waals surface area contributed by atoms with Crippen LogP contribution in [-0.2, 0) is 0 Å². The van der Waals surface area contributed by atoms with Crippen LogP contribution < -0.4 is 0 Å². The monoisotopic (exact) mass is 434 g/mol. The predicted molar refractivity (Wildman–Crippen MR) is 62.8 cm³/mol. The van der Waals surface area contributed by atoms with E-state index in [0.29, 0.717) is 41.8 Å². The summed E-state index contributed by atoms with van der Waals surface area (Å²) in [6.45, 7) is 4.87. The molecule has 3 atom stereocenters. The molecule has 0 nitrogen and oxygen atoms in total. The van der Waals surface area contributed by atoms with Crippen molar-refractivity contribution in [3.63, 3.8) is 0 Å². The predicted octanol–water partition coefficient (Wildman–Crippen LogP) is 2.16. The molecule has 2 aliphatic heterocycles. The van der Waals surface area contributed by atoms with Crippen LogP contribution in [0.3, 0.4) is 0 Å². The molecule has 4 heteroatoms. The van der Waals surface area contributed by atoms with Gasteiger partial charge in [-0.25, -0.2) is 0 Å². The second-order valence-corrected chi connectivity index (χ2v) is 18.2. The molecule has 70 valence electrons. The SMILES string of the molecule is CC1C[Te]C2(CS1)SC(C)C[Te]2. The minimum atomic E-state index is 0.378. The summed E-state index contributed by atoms with van der Waals surface area (Å²) >= 11 is 5.42. The van der Waals surface area contributed by atoms with Gasteiger partial charge in [-0.3, -0.25) is 0 Å². The van der Waals surface area contributed by atoms with Gasteiger partial charge in [0.05, 0.1) is 0 Å². The van der Waals surface area contributed by atoms with Crippen LogP contribution in [0.15, 0.2) is 0 Å². The van der Waals surface area contributed by atoms with Crippen LogP contribution in [-0.4, -0.2) is 58.9 Å². The second-order valence-electron chi connectivity index (χ2n) is 3.36. The van der Waals surface area contributed by atoms with Gasteiger partial charge in [-0.1, -0.05) is 0 Å². The van der Waals surface area contributed by atoms with Gasteiger partial charge in [0, 0.05) is 0 Å². The summed E-state index contributed by atoms with van der Waals surface area (Å²) in [7, 11) is 0. The fourth-order valence-corrected chi connectivity index (χ4v) is 20.4. The van der Waals surface area contributed by atoms with E-state index in [2.05, 4.69) is 37.4 Å². The van der Waals surface area contributed by atoms with Gasteiger partial charge in [-0.2, -0.15) is 0 Å². The second kappa shape index (κ2) is 4.42. The molecule has 2 heterocycles. The van der Waals surface area contributed by atoms with Crippen LogP contribution in [0.1, 0.15) is 13.8 Å². The first-order valence-electron chi connectivity index (χ1n) is 4.27. The fraction of sp³-hybridized carbons (Fsp3) is 1.00. The van der Waals surface area contributed by atoms with E-state index in [1.54, 1.807) is 8.94 Å². The standard InChI is InChI=1S/C8H14S2Te2/c1-6-3-11-8(5-9-6)10-7(2)4-12-8/h6-7H,3-5H2,1-2H3. The maximum absolute atomic E-state index is 2.44. The summed E-state index contributed by atoms with van der Waals surface area (Å²) in [5, 5.41) is 2.02. The molecule has 2 fully saturated rings. The number of hydrogen-bond acceptors (Lipinski definition) is 2. The van der Waals surface area contributed by atoms with Crippen molar-refractivity contribution in [3.05, 3.63) is 0 Å². The average molecular weight is 430 g/mol. The van der Waals surface area contributed by atoms with E-state index in [-0.39, 0.29) is 0 Å². The van der Waals surface area contributed by atoms with E-state index in [1.807, 2.05) is 0 Å². The molecular weight excluding hydrogens is 415 g/mol. The molecule has 3 unspecified atom stereocenters. The molecule has 0 aromatic carbocycles. The topological polar surface area (TPSA) is 0 Å². The van der Waals surface area contributed by atoms with Crippen molar-refractivity contribution in [2.24, 2.45) is 0 Å². The van der Waals surface area contributed by atoms with Gasteiger partial charge in [0.1, 0.15) is 0 Å². The fourth-order valence-electron chi connectivity index (χ4n) is 1.35. The Labute approximate surface area is 104 Å². The molecule has 1 spiro atoms. The van der Waals surface area contributed by atoms with Crippen LogP contribution in [0.4, 0.5) is 0 Å². The van der Waals surface area contributed by atoms with Gasteiger partial charge in [0.15, 0.2) is 0 Å². The van der Waals surface area contributed by atoms with E-state index in [0.717, 1.165) is 11.3 Å². The van der Waals surface area contributed by atoms with Gasteiger partial charge >= 0.3 is 105 Å². The van der Waals surface area contributed by atoms with E-state index >= 15 is 0 Å². The summed E-state index contributed by atoms with van der Waals surface area (Å²) in [6.07, 6.45) is 0. The van der Waals surface area contributed by atoms with Crippen LogP contribution in [0.2, 0.25) is 8.94 Å². The normalized spacial score (nSPS) is 48.5. The molecule has 0 aliphatic carbocycles. The summed E-state index contributed by atoms with van der Waals surface area (Å²) in [6, 6.07) is 0. The number of hydrogen-bond donors (Lipinski definition) is 0. The minimum absolute atomic E-state index is 0.378. The Morgan fingerprint density at radius 1 is 1.17 bits per heavy atom. The molecule has 0 aromatic heterocycles. The first-order chi connectivity index (χ1) is 5.70. The zero-order chi connectivity index (χ0) is 8.60. The Morgan fingerprint density at radius 2 is 1.83 bits per heavy atom. The Kier molecular flexibility index (Phi) is 3.97. The molecular formula is C8H14S2Te2. The van der Waals surface area contributed by atoms with E-state index < -0.39 is 0 Å². The summed E-state index contributed by atoms with van der Waals surface area (Å²) in [5.74, 6) is 1.54. The Hall–Kier alpha value is 2.28. The molecule has 12 heavy (non-hydrogen) atoms. The van der Waals surface area contributed by atoms with E-state index in [1.165, 1.54) is 5.75 Å². The molecule has 0 saturated carbocycles. The molecule has 2 aliphatic rings. The van der Waals surface area contributed by atoms with Crippen molar-refractivity contribution in [1.29, 1.82) is 0 Å². The summed E-state index contributed by atoms with van der Waals surface area (Å²) < 4.78 is 4.20. The van der Waals surface area contributed by atoms with Crippen LogP contribution in [0.5, 0.6) is 0 Å². The third kappa shape index (κ3) is 2.44. The Balaban J connectivity index is 1.95. The molecule has 0 bridgehead atoms. The number of rotatable bonds is 0. The van der Waals surface area contributed by atoms with E-state index in [4.69, 9.17) is 0 Å². The van der Waals surface area contributed by atoms with Crippen molar-refractivity contribution in [2.75, 3.05) is 5.75 Å². The van der Waals surface area contributed by atoms with Crippen molar-refractivity contribution in [3.8, 4) is 0 Å².